The predicted molar refractivity (Wildman–Crippen MR) is 118 cm³/mol. The van der Waals surface area contributed by atoms with Crippen LogP contribution < -0.4 is 0 Å². The summed E-state index contributed by atoms with van der Waals surface area (Å²) in [5.41, 5.74) is 0. The van der Waals surface area contributed by atoms with Crippen LogP contribution in [0, 0.1) is 0 Å². The van der Waals surface area contributed by atoms with Gasteiger partial charge in [0, 0.05) is 0 Å². The maximum absolute atomic E-state index is 10.7. The number of hydrogen-bond acceptors (Lipinski definition) is 8. The molecule has 0 aliphatic rings. The first-order valence-electron chi connectivity index (χ1n) is 11.0. The first-order valence-corrected chi connectivity index (χ1v) is 18.9. The Morgan fingerprint density at radius 3 is 1.21 bits per heavy atom. The van der Waals surface area contributed by atoms with E-state index in [1.165, 1.54) is 82.0 Å². The van der Waals surface area contributed by atoms with Gasteiger partial charge in [0.25, 0.3) is 0 Å². The molecule has 2 atom stereocenters. The number of nitrogens with zero attached hydrogens (tertiary/aromatic N) is 1. The van der Waals surface area contributed by atoms with Crippen LogP contribution in [0.4, 0.5) is 0 Å². The van der Waals surface area contributed by atoms with Crippen LogP contribution in [-0.2, 0) is 49.0 Å². The molecule has 34 heavy (non-hydrogen) atoms. The molecule has 0 saturated carbocycles. The first kappa shape index (κ1) is 36.8. The summed E-state index contributed by atoms with van der Waals surface area (Å²) in [7, 11) is -17.1. The SMILES string of the molecule is CCCC[N+](CCCC)(CCCC)CCCC.O=P(O)(O)OP(=O)(O)OP(=O)(O)[O][Mo](=[O])(=[O])[OH]. The molecule has 14 nitrogen and oxygen atoms in total. The standard InChI is InChI=1S/C16H36N.Mo.H5O10P3.H2O.2O/c1-5-9-13-17(14-10-6-2,15-11-7-3)16-12-8-4;;1-11(2,3)9-13(7,8)10-12(4,5)6;;;/h5-16H2,1-4H3;;(H,7,8)(H2,1,2,3)(H2,4,5,6);1H2;;/q+1;+2;;;;/p-2. The molecule has 5 N–H and O–H groups in total. The minimum absolute atomic E-state index is 1.35. The van der Waals surface area contributed by atoms with Crippen LogP contribution in [0.25, 0.3) is 0 Å². The van der Waals surface area contributed by atoms with Crippen molar-refractivity contribution in [2.24, 2.45) is 0 Å². The fraction of sp³-hybridized carbons (Fsp3) is 1.00. The van der Waals surface area contributed by atoms with E-state index in [9.17, 15) is 20.5 Å². The van der Waals surface area contributed by atoms with Gasteiger partial charge in [-0.15, -0.1) is 0 Å². The van der Waals surface area contributed by atoms with E-state index in [-0.39, 0.29) is 0 Å². The van der Waals surface area contributed by atoms with Crippen molar-refractivity contribution in [3.63, 3.8) is 0 Å². The monoisotopic (exact) mass is 646 g/mol. The van der Waals surface area contributed by atoms with E-state index in [0.29, 0.717) is 0 Å². The van der Waals surface area contributed by atoms with Gasteiger partial charge < -0.3 is 4.48 Å². The quantitative estimate of drug-likeness (QED) is 0.0812. The zero-order chi connectivity index (χ0) is 27.1. The van der Waals surface area contributed by atoms with Crippen LogP contribution >= 0.6 is 23.5 Å². The summed E-state index contributed by atoms with van der Waals surface area (Å²) in [6.07, 6.45) is 11.1. The Morgan fingerprint density at radius 1 is 0.647 bits per heavy atom. The van der Waals surface area contributed by atoms with Crippen molar-refractivity contribution in [1.29, 1.82) is 0 Å². The van der Waals surface area contributed by atoms with Crippen molar-refractivity contribution in [3.8, 4) is 0 Å². The second-order valence-electron chi connectivity index (χ2n) is 7.74. The maximum atomic E-state index is 10.7. The fourth-order valence-electron chi connectivity index (χ4n) is 3.06. The molecule has 0 aliphatic heterocycles. The van der Waals surface area contributed by atoms with E-state index < -0.39 is 40.2 Å². The molecule has 0 aromatic heterocycles. The van der Waals surface area contributed by atoms with Crippen molar-refractivity contribution in [2.45, 2.75) is 79.1 Å². The molecule has 0 aliphatic carbocycles. The number of rotatable bonds is 18. The van der Waals surface area contributed by atoms with Crippen LogP contribution in [0.3, 0.4) is 0 Å². The molecular formula is C16H41MoNO13P3+. The number of phosphoric acid groups is 3. The molecule has 18 heteroatoms. The molecule has 0 fully saturated rings. The van der Waals surface area contributed by atoms with Crippen molar-refractivity contribution < 1.29 is 76.9 Å². The Bertz CT molecular complexity index is 764. The van der Waals surface area contributed by atoms with Gasteiger partial charge in [-0.1, -0.05) is 53.4 Å². The average molecular weight is 644 g/mol. The average Bonchev–Trinajstić information content (AvgIpc) is 2.62. The summed E-state index contributed by atoms with van der Waals surface area (Å²) >= 11 is -6.58. The van der Waals surface area contributed by atoms with Gasteiger partial charge >= 0.3 is 95.8 Å². The van der Waals surface area contributed by atoms with Crippen molar-refractivity contribution in [2.75, 3.05) is 26.2 Å². The van der Waals surface area contributed by atoms with E-state index in [4.69, 9.17) is 23.3 Å². The molecule has 0 amide bonds. The van der Waals surface area contributed by atoms with E-state index in [1.807, 2.05) is 0 Å². The second-order valence-corrected chi connectivity index (χ2v) is 15.3. The first-order chi connectivity index (χ1) is 15.4. The third-order valence-electron chi connectivity index (χ3n) is 4.55. The van der Waals surface area contributed by atoms with E-state index >= 15 is 0 Å². The summed E-state index contributed by atoms with van der Waals surface area (Å²) in [5.74, 6) is 0. The Morgan fingerprint density at radius 2 is 0.971 bits per heavy atom. The fourth-order valence-corrected chi connectivity index (χ4v) is 8.27. The van der Waals surface area contributed by atoms with Crippen LogP contribution in [-0.4, -0.2) is 54.0 Å². The topological polar surface area (TPSA) is 214 Å². The molecule has 0 aromatic rings. The Balaban J connectivity index is 0. The molecule has 0 heterocycles. The third kappa shape index (κ3) is 21.9. The Labute approximate surface area is 205 Å². The van der Waals surface area contributed by atoms with E-state index in [1.54, 1.807) is 0 Å². The van der Waals surface area contributed by atoms with Crippen molar-refractivity contribution >= 4 is 23.5 Å². The summed E-state index contributed by atoms with van der Waals surface area (Å²) in [6.45, 7) is 15.0. The Kier molecular flexibility index (Phi) is 18.6. The van der Waals surface area contributed by atoms with Gasteiger partial charge in [-0.3, -0.25) is 0 Å². The molecular weight excluding hydrogens is 603 g/mol. The zero-order valence-corrected chi connectivity index (χ0v) is 24.9. The van der Waals surface area contributed by atoms with Crippen molar-refractivity contribution in [3.05, 3.63) is 0 Å². The van der Waals surface area contributed by atoms with Gasteiger partial charge in [-0.25, -0.2) is 0 Å². The zero-order valence-electron chi connectivity index (χ0n) is 20.2. The van der Waals surface area contributed by atoms with Crippen LogP contribution in [0.15, 0.2) is 0 Å². The van der Waals surface area contributed by atoms with Gasteiger partial charge in [0.05, 0.1) is 26.2 Å². The van der Waals surface area contributed by atoms with E-state index in [0.717, 1.165) is 0 Å². The molecule has 0 saturated heterocycles. The summed E-state index contributed by atoms with van der Waals surface area (Å²) in [4.78, 5) is 33.2. The van der Waals surface area contributed by atoms with Gasteiger partial charge in [-0.05, 0) is 25.7 Å². The summed E-state index contributed by atoms with van der Waals surface area (Å²) in [6, 6.07) is 0. The Hall–Kier alpha value is 0.618. The number of quaternary nitrogens is 1. The molecule has 0 radical (unpaired) electrons. The molecule has 0 aromatic carbocycles. The van der Waals surface area contributed by atoms with Gasteiger partial charge in [0.2, 0.25) is 0 Å². The molecule has 0 bridgehead atoms. The van der Waals surface area contributed by atoms with Gasteiger partial charge in [-0.2, -0.15) is 0 Å². The molecule has 208 valence electrons. The summed E-state index contributed by atoms with van der Waals surface area (Å²) < 4.78 is 70.3. The molecule has 2 unspecified atom stereocenters. The predicted octanol–water partition coefficient (Wildman–Crippen LogP) is 4.00. The third-order valence-corrected chi connectivity index (χ3v) is 11.0. The van der Waals surface area contributed by atoms with Crippen LogP contribution in [0.2, 0.25) is 0 Å². The van der Waals surface area contributed by atoms with Gasteiger partial charge in [0.15, 0.2) is 0 Å². The molecule has 0 rings (SSSR count). The van der Waals surface area contributed by atoms with E-state index in [2.05, 4.69) is 39.5 Å². The minimum atomic E-state index is -6.58. The second kappa shape index (κ2) is 17.2. The number of hydrogen-bond donors (Lipinski definition) is 5. The van der Waals surface area contributed by atoms with Crippen molar-refractivity contribution in [1.82, 2.24) is 0 Å². The summed E-state index contributed by atoms with van der Waals surface area (Å²) in [5, 5.41) is 0. The van der Waals surface area contributed by atoms with Crippen LogP contribution in [0.1, 0.15) is 79.1 Å². The van der Waals surface area contributed by atoms with Crippen LogP contribution in [0.5, 0.6) is 0 Å². The van der Waals surface area contributed by atoms with Gasteiger partial charge in [0.1, 0.15) is 0 Å². The normalized spacial score (nSPS) is 16.3. The number of unbranched alkanes of at least 4 members (excludes halogenated alkanes) is 4. The molecule has 0 spiro atoms.